The van der Waals surface area contributed by atoms with Gasteiger partial charge in [0.05, 0.1) is 33.8 Å². The first kappa shape index (κ1) is 68.5. The fourth-order valence-electron chi connectivity index (χ4n) is 8.94. The van der Waals surface area contributed by atoms with Gasteiger partial charge in [-0.2, -0.15) is 0 Å². The van der Waals surface area contributed by atoms with Crippen molar-refractivity contribution in [3.05, 3.63) is 24.3 Å². The first-order chi connectivity index (χ1) is 33.9. The van der Waals surface area contributed by atoms with E-state index in [0.717, 1.165) is 57.8 Å². The predicted molar refractivity (Wildman–Crippen MR) is 300 cm³/mol. The van der Waals surface area contributed by atoms with Crippen molar-refractivity contribution >= 4 is 19.7 Å². The van der Waals surface area contributed by atoms with Crippen LogP contribution in [0.1, 0.15) is 297 Å². The molecule has 0 aromatic carbocycles. The Balaban J connectivity index is 5.17. The zero-order valence-electron chi connectivity index (χ0n) is 47.3. The Bertz CT molecular complexity index is 1250. The van der Waals surface area contributed by atoms with Crippen LogP contribution in [0.25, 0.3) is 0 Å². The molecule has 3 atom stereocenters. The summed E-state index contributed by atoms with van der Waals surface area (Å²) in [5.74, 6) is -0.493. The van der Waals surface area contributed by atoms with Crippen LogP contribution >= 0.6 is 7.82 Å². The molecule has 0 bridgehead atoms. The maximum absolute atomic E-state index is 13.5. The lowest BCUT2D eigenvalue weighted by Gasteiger charge is -2.27. The normalized spacial score (nSPS) is 13.9. The minimum atomic E-state index is -4.44. The molecule has 0 aliphatic heterocycles. The Labute approximate surface area is 434 Å². The third-order valence-electron chi connectivity index (χ3n) is 13.6. The van der Waals surface area contributed by atoms with Gasteiger partial charge in [-0.25, -0.2) is 4.57 Å². The average Bonchev–Trinajstić information content (AvgIpc) is 3.32. The summed E-state index contributed by atoms with van der Waals surface area (Å²) < 4.78 is 30.6. The number of amides is 1. The number of rotatable bonds is 55. The minimum Gasteiger partial charge on any atom is -0.456 e. The van der Waals surface area contributed by atoms with E-state index in [4.69, 9.17) is 13.8 Å². The highest BCUT2D eigenvalue weighted by Gasteiger charge is 2.30. The largest absolute Gasteiger partial charge is 0.472 e. The van der Waals surface area contributed by atoms with Crippen molar-refractivity contribution in [2.75, 3.05) is 40.9 Å². The van der Waals surface area contributed by atoms with Crippen LogP contribution in [0.2, 0.25) is 0 Å². The molecule has 10 heteroatoms. The number of allylic oxidation sites excluding steroid dienone is 3. The third kappa shape index (κ3) is 51.4. The number of unbranched alkanes of at least 4 members (excludes halogenated alkanes) is 37. The van der Waals surface area contributed by atoms with Gasteiger partial charge < -0.3 is 19.4 Å². The van der Waals surface area contributed by atoms with E-state index < -0.39 is 20.0 Å². The summed E-state index contributed by atoms with van der Waals surface area (Å²) in [4.78, 5) is 37.6. The highest BCUT2D eigenvalue weighted by atomic mass is 31.2. The molecule has 0 heterocycles. The van der Waals surface area contributed by atoms with Gasteiger partial charge in [0.2, 0.25) is 5.91 Å². The van der Waals surface area contributed by atoms with Gasteiger partial charge in [0.15, 0.2) is 0 Å². The number of carbonyl (C=O) groups is 2. The van der Waals surface area contributed by atoms with Crippen molar-refractivity contribution in [1.82, 2.24) is 5.32 Å². The molecule has 0 rings (SSSR count). The van der Waals surface area contributed by atoms with Crippen LogP contribution in [0.3, 0.4) is 0 Å². The molecule has 0 aromatic rings. The molecule has 0 spiro atoms. The first-order valence-corrected chi connectivity index (χ1v) is 31.7. The van der Waals surface area contributed by atoms with E-state index in [-0.39, 0.29) is 25.1 Å². The lowest BCUT2D eigenvalue weighted by molar-refractivity contribution is -0.870. The summed E-state index contributed by atoms with van der Waals surface area (Å²) in [6.45, 7) is 7.03. The van der Waals surface area contributed by atoms with Gasteiger partial charge in [0.25, 0.3) is 0 Å². The molecule has 70 heavy (non-hydrogen) atoms. The second-order valence-electron chi connectivity index (χ2n) is 21.9. The molecule has 0 saturated carbocycles. The fraction of sp³-hybridized carbons (Fsp3) is 0.900. The quantitative estimate of drug-likeness (QED) is 0.0205. The molecule has 0 saturated heterocycles. The molecule has 0 fully saturated rings. The standard InChI is InChI=1S/C60H117N2O7P/c1-7-10-13-16-19-22-25-27-28-29-30-31-32-33-34-35-38-41-44-47-50-53-60(64)69-58(51-48-45-42-39-37-26-23-20-17-14-11-8-2)57(56-68-70(65,66)67-55-54-62(4,5)6)61-59(63)52-49-46-43-40-36-24-21-18-15-12-9-3/h27-28,48,51,57-58H,7-26,29-47,49-50,52-56H2,1-6H3,(H-,61,63,65,66)/p+1/b28-27+,51-48+. The predicted octanol–water partition coefficient (Wildman–Crippen LogP) is 18.2. The Morgan fingerprint density at radius 3 is 1.21 bits per heavy atom. The van der Waals surface area contributed by atoms with Crippen molar-refractivity contribution in [2.24, 2.45) is 0 Å². The van der Waals surface area contributed by atoms with Crippen molar-refractivity contribution < 1.29 is 37.3 Å². The molecule has 414 valence electrons. The number of hydrogen-bond acceptors (Lipinski definition) is 6. The number of nitrogens with zero attached hydrogens (tertiary/aromatic N) is 1. The van der Waals surface area contributed by atoms with Crippen LogP contribution in [-0.4, -0.2) is 74.3 Å². The number of nitrogens with one attached hydrogen (secondary N) is 1. The number of phosphoric ester groups is 1. The van der Waals surface area contributed by atoms with Crippen molar-refractivity contribution in [3.8, 4) is 0 Å². The Hall–Kier alpha value is -1.51. The molecule has 0 aliphatic rings. The maximum Gasteiger partial charge on any atom is 0.472 e. The van der Waals surface area contributed by atoms with E-state index in [1.54, 1.807) is 0 Å². The Kier molecular flexibility index (Phi) is 49.9. The van der Waals surface area contributed by atoms with Crippen LogP contribution in [0.5, 0.6) is 0 Å². The van der Waals surface area contributed by atoms with Crippen LogP contribution in [0.4, 0.5) is 0 Å². The molecule has 2 N–H and O–H groups in total. The topological polar surface area (TPSA) is 111 Å². The summed E-state index contributed by atoms with van der Waals surface area (Å²) in [7, 11) is 1.51. The second kappa shape index (κ2) is 51.0. The molecule has 0 aliphatic carbocycles. The summed E-state index contributed by atoms with van der Waals surface area (Å²) in [5, 5.41) is 3.05. The summed E-state index contributed by atoms with van der Waals surface area (Å²) in [6.07, 6.45) is 58.9. The lowest BCUT2D eigenvalue weighted by Crippen LogP contribution is -2.47. The smallest absolute Gasteiger partial charge is 0.456 e. The highest BCUT2D eigenvalue weighted by molar-refractivity contribution is 7.47. The van der Waals surface area contributed by atoms with Crippen molar-refractivity contribution in [2.45, 2.75) is 309 Å². The van der Waals surface area contributed by atoms with Gasteiger partial charge in [-0.15, -0.1) is 0 Å². The van der Waals surface area contributed by atoms with Gasteiger partial charge in [-0.05, 0) is 57.4 Å². The Morgan fingerprint density at radius 1 is 0.486 bits per heavy atom. The molecular formula is C60H118N2O7P+. The van der Waals surface area contributed by atoms with Gasteiger partial charge >= 0.3 is 13.8 Å². The average molecular weight is 1010 g/mol. The van der Waals surface area contributed by atoms with Crippen molar-refractivity contribution in [3.63, 3.8) is 0 Å². The summed E-state index contributed by atoms with van der Waals surface area (Å²) >= 11 is 0. The number of quaternary nitrogens is 1. The fourth-order valence-corrected chi connectivity index (χ4v) is 9.67. The molecule has 0 aromatic heterocycles. The van der Waals surface area contributed by atoms with Crippen molar-refractivity contribution in [1.29, 1.82) is 0 Å². The number of hydrogen-bond donors (Lipinski definition) is 2. The number of ether oxygens (including phenoxy) is 1. The lowest BCUT2D eigenvalue weighted by atomic mass is 10.0. The van der Waals surface area contributed by atoms with Gasteiger partial charge in [-0.3, -0.25) is 18.6 Å². The van der Waals surface area contributed by atoms with E-state index in [0.29, 0.717) is 23.9 Å². The minimum absolute atomic E-state index is 0.0437. The van der Waals surface area contributed by atoms with Gasteiger partial charge in [-0.1, -0.05) is 251 Å². The van der Waals surface area contributed by atoms with E-state index in [2.05, 4.69) is 38.2 Å². The number of phosphoric acid groups is 1. The van der Waals surface area contributed by atoms with E-state index >= 15 is 0 Å². The Morgan fingerprint density at radius 2 is 0.829 bits per heavy atom. The van der Waals surface area contributed by atoms with Gasteiger partial charge in [0, 0.05) is 12.8 Å². The third-order valence-corrected chi connectivity index (χ3v) is 14.6. The number of likely N-dealkylation sites (N-methyl/N-ethyl adjacent to an activating group) is 1. The number of carbonyl (C=O) groups excluding carboxylic acids is 2. The monoisotopic (exact) mass is 1010 g/mol. The zero-order chi connectivity index (χ0) is 51.5. The van der Waals surface area contributed by atoms with Gasteiger partial charge in [0.1, 0.15) is 19.3 Å². The van der Waals surface area contributed by atoms with Crippen LogP contribution < -0.4 is 5.32 Å². The number of esters is 1. The molecular weight excluding hydrogens is 892 g/mol. The molecule has 9 nitrogen and oxygen atoms in total. The SMILES string of the molecule is CCCCCCCC/C=C/CCCCCCCCCCCCCC(=O)OC(/C=C/CCCCCCCCCCCC)C(COP(=O)(O)OCC[N+](C)(C)C)NC(=O)CCCCCCCCCCCCC. The second-order valence-corrected chi connectivity index (χ2v) is 23.3. The molecule has 0 radical (unpaired) electrons. The molecule has 1 amide bonds. The summed E-state index contributed by atoms with van der Waals surface area (Å²) in [6, 6.07) is -0.841. The van der Waals surface area contributed by atoms with Crippen LogP contribution in [-0.2, 0) is 27.9 Å². The van der Waals surface area contributed by atoms with E-state index in [9.17, 15) is 19.0 Å². The van der Waals surface area contributed by atoms with E-state index in [1.807, 2.05) is 33.3 Å². The summed E-state index contributed by atoms with van der Waals surface area (Å²) in [5.41, 5.74) is 0. The first-order valence-electron chi connectivity index (χ1n) is 30.2. The molecule has 3 unspecified atom stereocenters. The van der Waals surface area contributed by atoms with Crippen LogP contribution in [0.15, 0.2) is 24.3 Å². The maximum atomic E-state index is 13.5. The zero-order valence-corrected chi connectivity index (χ0v) is 48.2. The van der Waals surface area contributed by atoms with E-state index in [1.165, 1.54) is 205 Å². The van der Waals surface area contributed by atoms with Crippen LogP contribution in [0, 0.1) is 0 Å². The highest BCUT2D eigenvalue weighted by Crippen LogP contribution is 2.43.